The summed E-state index contributed by atoms with van der Waals surface area (Å²) >= 11 is 0. The molecule has 1 aromatic carbocycles. The average molecular weight is 276 g/mol. The van der Waals surface area contributed by atoms with Crippen molar-refractivity contribution in [2.24, 2.45) is 5.92 Å². The molecular formula is C16H24N2O2. The summed E-state index contributed by atoms with van der Waals surface area (Å²) in [7, 11) is 0. The summed E-state index contributed by atoms with van der Waals surface area (Å²) < 4.78 is 0. The maximum absolute atomic E-state index is 10.7. The third kappa shape index (κ3) is 3.79. The Balaban J connectivity index is 1.93. The molecule has 0 spiro atoms. The smallest absolute Gasteiger partial charge is 0.269 e. The maximum atomic E-state index is 10.7. The number of benzene rings is 1. The Hall–Kier alpha value is -1.42. The fourth-order valence-corrected chi connectivity index (χ4v) is 3.15. The van der Waals surface area contributed by atoms with Crippen molar-refractivity contribution in [3.05, 3.63) is 39.9 Å². The van der Waals surface area contributed by atoms with Gasteiger partial charge in [-0.1, -0.05) is 31.4 Å². The van der Waals surface area contributed by atoms with Crippen LogP contribution in [0.3, 0.4) is 0 Å². The van der Waals surface area contributed by atoms with Crippen molar-refractivity contribution in [3.63, 3.8) is 0 Å². The van der Waals surface area contributed by atoms with Gasteiger partial charge < -0.3 is 5.32 Å². The van der Waals surface area contributed by atoms with Crippen molar-refractivity contribution in [2.75, 3.05) is 0 Å². The molecule has 0 heterocycles. The molecular weight excluding hydrogens is 252 g/mol. The van der Waals surface area contributed by atoms with Gasteiger partial charge in [-0.05, 0) is 38.2 Å². The normalized spacial score (nSPS) is 19.5. The zero-order valence-corrected chi connectivity index (χ0v) is 12.3. The van der Waals surface area contributed by atoms with Crippen LogP contribution < -0.4 is 5.32 Å². The second kappa shape index (κ2) is 6.84. The first-order valence-corrected chi connectivity index (χ1v) is 7.58. The minimum atomic E-state index is -0.355. The summed E-state index contributed by atoms with van der Waals surface area (Å²) in [4.78, 5) is 10.3. The van der Waals surface area contributed by atoms with Crippen LogP contribution in [0.1, 0.15) is 57.6 Å². The van der Waals surface area contributed by atoms with Gasteiger partial charge in [0.2, 0.25) is 0 Å². The van der Waals surface area contributed by atoms with E-state index in [-0.39, 0.29) is 16.7 Å². The summed E-state index contributed by atoms with van der Waals surface area (Å²) in [6.07, 6.45) is 6.72. The van der Waals surface area contributed by atoms with Gasteiger partial charge in [-0.25, -0.2) is 0 Å². The van der Waals surface area contributed by atoms with E-state index in [4.69, 9.17) is 0 Å². The molecule has 1 saturated carbocycles. The van der Waals surface area contributed by atoms with E-state index in [9.17, 15) is 10.1 Å². The second-order valence-electron chi connectivity index (χ2n) is 5.92. The van der Waals surface area contributed by atoms with E-state index in [2.05, 4.69) is 19.2 Å². The first-order chi connectivity index (χ1) is 9.58. The lowest BCUT2D eigenvalue weighted by Gasteiger charge is -2.30. The van der Waals surface area contributed by atoms with Gasteiger partial charge in [0.1, 0.15) is 0 Å². The number of non-ortho nitro benzene ring substituents is 1. The molecule has 110 valence electrons. The van der Waals surface area contributed by atoms with Gasteiger partial charge in [0.25, 0.3) is 5.69 Å². The zero-order valence-electron chi connectivity index (χ0n) is 12.3. The first-order valence-electron chi connectivity index (χ1n) is 7.58. The molecule has 0 aromatic heterocycles. The summed E-state index contributed by atoms with van der Waals surface area (Å²) in [5, 5.41) is 14.3. The van der Waals surface area contributed by atoms with Crippen LogP contribution in [0.5, 0.6) is 0 Å². The molecule has 4 heteroatoms. The third-order valence-electron chi connectivity index (χ3n) is 4.47. The molecule has 1 unspecified atom stereocenters. The van der Waals surface area contributed by atoms with Crippen LogP contribution in [0.15, 0.2) is 24.3 Å². The van der Waals surface area contributed by atoms with E-state index in [0.717, 1.165) is 11.5 Å². The van der Waals surface area contributed by atoms with Crippen LogP contribution in [-0.2, 0) is 0 Å². The van der Waals surface area contributed by atoms with E-state index >= 15 is 0 Å². The number of nitro groups is 1. The van der Waals surface area contributed by atoms with Crippen molar-refractivity contribution in [3.8, 4) is 0 Å². The Morgan fingerprint density at radius 1 is 1.15 bits per heavy atom. The number of hydrogen-bond acceptors (Lipinski definition) is 3. The van der Waals surface area contributed by atoms with Crippen molar-refractivity contribution in [1.82, 2.24) is 5.32 Å². The molecule has 1 N–H and O–H groups in total. The highest BCUT2D eigenvalue weighted by atomic mass is 16.6. The van der Waals surface area contributed by atoms with Crippen LogP contribution in [-0.4, -0.2) is 11.0 Å². The molecule has 0 radical (unpaired) electrons. The van der Waals surface area contributed by atoms with Gasteiger partial charge in [0, 0.05) is 24.2 Å². The zero-order chi connectivity index (χ0) is 14.5. The van der Waals surface area contributed by atoms with E-state index in [1.807, 2.05) is 12.1 Å². The van der Waals surface area contributed by atoms with E-state index in [1.165, 1.54) is 32.1 Å². The van der Waals surface area contributed by atoms with Crippen LogP contribution in [0.4, 0.5) is 5.69 Å². The van der Waals surface area contributed by atoms with Crippen molar-refractivity contribution in [2.45, 2.75) is 58.0 Å². The minimum Gasteiger partial charge on any atom is -0.307 e. The highest BCUT2D eigenvalue weighted by Gasteiger charge is 2.21. The third-order valence-corrected chi connectivity index (χ3v) is 4.47. The quantitative estimate of drug-likeness (QED) is 0.647. The summed E-state index contributed by atoms with van der Waals surface area (Å²) in [6, 6.07) is 7.60. The number of nitrogens with zero attached hydrogens (tertiary/aromatic N) is 1. The lowest BCUT2D eigenvalue weighted by atomic mass is 9.84. The average Bonchev–Trinajstić information content (AvgIpc) is 2.48. The second-order valence-corrected chi connectivity index (χ2v) is 5.92. The Morgan fingerprint density at radius 2 is 1.75 bits per heavy atom. The first kappa shape index (κ1) is 15.0. The highest BCUT2D eigenvalue weighted by molar-refractivity contribution is 5.34. The predicted octanol–water partition coefficient (Wildman–Crippen LogP) is 4.21. The molecule has 1 aliphatic rings. The molecule has 1 fully saturated rings. The highest BCUT2D eigenvalue weighted by Crippen LogP contribution is 2.28. The molecule has 0 saturated heterocycles. The van der Waals surface area contributed by atoms with Gasteiger partial charge in [-0.2, -0.15) is 0 Å². The van der Waals surface area contributed by atoms with Gasteiger partial charge in [0.05, 0.1) is 4.92 Å². The van der Waals surface area contributed by atoms with Crippen molar-refractivity contribution in [1.29, 1.82) is 0 Å². The maximum Gasteiger partial charge on any atom is 0.269 e. The molecule has 20 heavy (non-hydrogen) atoms. The topological polar surface area (TPSA) is 55.2 Å². The summed E-state index contributed by atoms with van der Waals surface area (Å²) in [5.74, 6) is 0.768. The van der Waals surface area contributed by atoms with Crippen molar-refractivity contribution >= 4 is 5.69 Å². The number of hydrogen-bond donors (Lipinski definition) is 1. The molecule has 2 atom stereocenters. The van der Waals surface area contributed by atoms with Crippen LogP contribution in [0.25, 0.3) is 0 Å². The molecule has 2 rings (SSSR count). The minimum absolute atomic E-state index is 0.154. The molecule has 4 nitrogen and oxygen atoms in total. The van der Waals surface area contributed by atoms with Crippen molar-refractivity contribution < 1.29 is 4.92 Å². The van der Waals surface area contributed by atoms with Crippen LogP contribution in [0.2, 0.25) is 0 Å². The number of nitro benzene ring substituents is 1. The van der Waals surface area contributed by atoms with E-state index < -0.39 is 0 Å². The van der Waals surface area contributed by atoms with Gasteiger partial charge in [-0.15, -0.1) is 0 Å². The Kier molecular flexibility index (Phi) is 5.12. The van der Waals surface area contributed by atoms with Gasteiger partial charge in [0.15, 0.2) is 0 Å². The van der Waals surface area contributed by atoms with Gasteiger partial charge in [-0.3, -0.25) is 10.1 Å². The molecule has 0 amide bonds. The monoisotopic (exact) mass is 276 g/mol. The molecule has 1 aromatic rings. The molecule has 0 bridgehead atoms. The fourth-order valence-electron chi connectivity index (χ4n) is 3.15. The molecule has 0 aliphatic heterocycles. The van der Waals surface area contributed by atoms with Crippen LogP contribution >= 0.6 is 0 Å². The summed E-state index contributed by atoms with van der Waals surface area (Å²) in [5.41, 5.74) is 1.26. The fraction of sp³-hybridized carbons (Fsp3) is 0.625. The number of nitrogens with one attached hydrogen (secondary N) is 1. The lowest BCUT2D eigenvalue weighted by molar-refractivity contribution is -0.384. The largest absolute Gasteiger partial charge is 0.307 e. The Bertz CT molecular complexity index is 438. The predicted molar refractivity (Wildman–Crippen MR) is 80.7 cm³/mol. The standard InChI is InChI=1S/C16H24N2O2/c1-12(14-6-4-3-5-7-14)17-13(2)15-8-10-16(11-9-15)18(19)20/h8-14,17H,3-7H2,1-2H3/t12-,13?/m1/s1. The Morgan fingerprint density at radius 3 is 2.30 bits per heavy atom. The lowest BCUT2D eigenvalue weighted by Crippen LogP contribution is -2.36. The van der Waals surface area contributed by atoms with Gasteiger partial charge >= 0.3 is 0 Å². The number of rotatable bonds is 5. The van der Waals surface area contributed by atoms with E-state index in [1.54, 1.807) is 12.1 Å². The molecule has 1 aliphatic carbocycles. The summed E-state index contributed by atoms with van der Waals surface area (Å²) in [6.45, 7) is 4.39. The van der Waals surface area contributed by atoms with E-state index in [0.29, 0.717) is 6.04 Å². The SMILES string of the molecule is CC(N[C@H](C)C1CCCCC1)c1ccc([N+](=O)[O-])cc1. The van der Waals surface area contributed by atoms with Crippen LogP contribution in [0, 0.1) is 16.0 Å². The Labute approximate surface area is 120 Å².